The molecule has 3 rings (SSSR count). The van der Waals surface area contributed by atoms with E-state index in [-0.39, 0.29) is 18.6 Å². The number of carbonyl (C=O) groups is 1. The van der Waals surface area contributed by atoms with E-state index < -0.39 is 10.0 Å². The molecule has 2 aromatic rings. The first-order valence-corrected chi connectivity index (χ1v) is 9.76. The summed E-state index contributed by atoms with van der Waals surface area (Å²) in [6, 6.07) is 10.1. The maximum Gasteiger partial charge on any atom is 0.269 e. The third kappa shape index (κ3) is 4.12. The van der Waals surface area contributed by atoms with Gasteiger partial charge in [0.15, 0.2) is 0 Å². The van der Waals surface area contributed by atoms with E-state index in [1.54, 1.807) is 36.6 Å². The fourth-order valence-electron chi connectivity index (χ4n) is 2.78. The second kappa shape index (κ2) is 7.30. The number of amides is 1. The van der Waals surface area contributed by atoms with Crippen molar-refractivity contribution in [3.63, 3.8) is 0 Å². The summed E-state index contributed by atoms with van der Waals surface area (Å²) >= 11 is 0. The molecule has 0 radical (unpaired) electrons. The summed E-state index contributed by atoms with van der Waals surface area (Å²) in [5.74, 6) is 0.341. The highest BCUT2D eigenvalue weighted by Gasteiger charge is 2.34. The predicted octanol–water partition coefficient (Wildman–Crippen LogP) is 1.98. The Labute approximate surface area is 151 Å². The molecule has 1 aromatic carbocycles. The summed E-state index contributed by atoms with van der Waals surface area (Å²) in [6.07, 6.45) is 3.08. The number of ether oxygens (including phenoxy) is 1. The van der Waals surface area contributed by atoms with Crippen LogP contribution in [0.25, 0.3) is 0 Å². The minimum absolute atomic E-state index is 0.0936. The molecule has 0 bridgehead atoms. The van der Waals surface area contributed by atoms with Gasteiger partial charge in [0.25, 0.3) is 5.91 Å². The van der Waals surface area contributed by atoms with Crippen LogP contribution in [0.15, 0.2) is 52.2 Å². The molecule has 0 saturated heterocycles. The molecular formula is C17H19N3O5S. The van der Waals surface area contributed by atoms with Crippen LogP contribution in [0.2, 0.25) is 0 Å². The molecule has 1 atom stereocenters. The van der Waals surface area contributed by atoms with Gasteiger partial charge in [0, 0.05) is 19.2 Å². The van der Waals surface area contributed by atoms with Gasteiger partial charge in [-0.25, -0.2) is 13.4 Å². The van der Waals surface area contributed by atoms with E-state index in [4.69, 9.17) is 9.15 Å². The molecule has 0 saturated carbocycles. The van der Waals surface area contributed by atoms with Gasteiger partial charge in [0.1, 0.15) is 18.4 Å². The first-order valence-electron chi connectivity index (χ1n) is 7.87. The Morgan fingerprint density at radius 1 is 1.38 bits per heavy atom. The number of rotatable bonds is 6. The van der Waals surface area contributed by atoms with E-state index in [9.17, 15) is 13.2 Å². The van der Waals surface area contributed by atoms with Gasteiger partial charge >= 0.3 is 0 Å². The number of benzene rings is 1. The minimum Gasteiger partial charge on any atom is -0.467 e. The lowest BCUT2D eigenvalue weighted by molar-refractivity contribution is -0.137. The average Bonchev–Trinajstić information content (AvgIpc) is 3.23. The van der Waals surface area contributed by atoms with Crippen molar-refractivity contribution in [3.8, 4) is 0 Å². The molecule has 26 heavy (non-hydrogen) atoms. The molecule has 1 aliphatic heterocycles. The normalized spacial score (nSPS) is 17.2. The number of anilines is 1. The van der Waals surface area contributed by atoms with Crippen LogP contribution in [0.3, 0.4) is 0 Å². The Kier molecular flexibility index (Phi) is 5.10. The number of methoxy groups -OCH3 is 1. The largest absolute Gasteiger partial charge is 0.467 e. The number of hydrogen-bond acceptors (Lipinski definition) is 6. The first kappa shape index (κ1) is 18.2. The maximum absolute atomic E-state index is 12.3. The fourth-order valence-corrected chi connectivity index (χ4v) is 3.34. The standard InChI is InChI=1S/C17H19N3O5S/c1-24-11-17(21)20-15(16-7-4-8-25-16)10-14(18-20)12-5-3-6-13(9-12)19-26(2,22)23/h3-9,15,19H,10-11H2,1-2H3. The molecule has 0 fully saturated rings. The van der Waals surface area contributed by atoms with Crippen LogP contribution in [0, 0.1) is 0 Å². The molecule has 1 N–H and O–H groups in total. The lowest BCUT2D eigenvalue weighted by Gasteiger charge is -2.19. The van der Waals surface area contributed by atoms with Gasteiger partial charge in [-0.15, -0.1) is 0 Å². The van der Waals surface area contributed by atoms with Gasteiger partial charge in [-0.2, -0.15) is 5.10 Å². The summed E-state index contributed by atoms with van der Waals surface area (Å²) < 4.78 is 35.7. The van der Waals surface area contributed by atoms with Crippen molar-refractivity contribution in [2.24, 2.45) is 5.10 Å². The average molecular weight is 377 g/mol. The Morgan fingerprint density at radius 3 is 2.85 bits per heavy atom. The van der Waals surface area contributed by atoms with Crippen LogP contribution in [0.1, 0.15) is 23.8 Å². The van der Waals surface area contributed by atoms with Crippen LogP contribution < -0.4 is 4.72 Å². The Hall–Kier alpha value is -2.65. The SMILES string of the molecule is COCC(=O)N1N=C(c2cccc(NS(C)(=O)=O)c2)CC1c1ccco1. The molecule has 2 heterocycles. The quantitative estimate of drug-likeness (QED) is 0.829. The second-order valence-corrected chi connectivity index (χ2v) is 7.66. The number of nitrogens with zero attached hydrogens (tertiary/aromatic N) is 2. The van der Waals surface area contributed by atoms with Gasteiger partial charge in [0.2, 0.25) is 10.0 Å². The fraction of sp³-hybridized carbons (Fsp3) is 0.294. The number of hydrazone groups is 1. The minimum atomic E-state index is -3.38. The zero-order valence-corrected chi connectivity index (χ0v) is 15.2. The van der Waals surface area contributed by atoms with Crippen molar-refractivity contribution in [2.45, 2.75) is 12.5 Å². The van der Waals surface area contributed by atoms with E-state index in [1.807, 2.05) is 6.07 Å². The third-order valence-electron chi connectivity index (χ3n) is 3.80. The van der Waals surface area contributed by atoms with Crippen molar-refractivity contribution in [3.05, 3.63) is 54.0 Å². The predicted molar refractivity (Wildman–Crippen MR) is 96.2 cm³/mol. The molecule has 0 spiro atoms. The summed E-state index contributed by atoms with van der Waals surface area (Å²) in [6.45, 7) is -0.0936. The molecule has 0 aliphatic carbocycles. The van der Waals surface area contributed by atoms with Crippen LogP contribution >= 0.6 is 0 Å². The maximum atomic E-state index is 12.3. The molecule has 1 aromatic heterocycles. The van der Waals surface area contributed by atoms with Crippen LogP contribution in [0.5, 0.6) is 0 Å². The molecule has 1 amide bonds. The van der Waals surface area contributed by atoms with Crippen molar-refractivity contribution in [1.82, 2.24) is 5.01 Å². The third-order valence-corrected chi connectivity index (χ3v) is 4.41. The molecule has 1 aliphatic rings. The van der Waals surface area contributed by atoms with E-state index in [2.05, 4.69) is 9.82 Å². The highest BCUT2D eigenvalue weighted by Crippen LogP contribution is 2.33. The summed E-state index contributed by atoms with van der Waals surface area (Å²) in [7, 11) is -1.94. The van der Waals surface area contributed by atoms with Crippen molar-refractivity contribution in [1.29, 1.82) is 0 Å². The Bertz CT molecular complexity index is 922. The molecule has 8 nitrogen and oxygen atoms in total. The number of carbonyl (C=O) groups excluding carboxylic acids is 1. The Balaban J connectivity index is 1.91. The topological polar surface area (TPSA) is 101 Å². The van der Waals surface area contributed by atoms with E-state index >= 15 is 0 Å². The van der Waals surface area contributed by atoms with E-state index in [1.165, 1.54) is 12.1 Å². The zero-order chi connectivity index (χ0) is 18.7. The van der Waals surface area contributed by atoms with Gasteiger partial charge in [-0.3, -0.25) is 9.52 Å². The van der Waals surface area contributed by atoms with E-state index in [0.29, 0.717) is 23.6 Å². The van der Waals surface area contributed by atoms with Gasteiger partial charge < -0.3 is 9.15 Å². The monoisotopic (exact) mass is 377 g/mol. The van der Waals surface area contributed by atoms with Crippen LogP contribution in [-0.4, -0.2) is 45.0 Å². The lowest BCUT2D eigenvalue weighted by Crippen LogP contribution is -2.29. The van der Waals surface area contributed by atoms with Crippen molar-refractivity contribution in [2.75, 3.05) is 24.7 Å². The van der Waals surface area contributed by atoms with Crippen LogP contribution in [0.4, 0.5) is 5.69 Å². The molecule has 1 unspecified atom stereocenters. The summed E-state index contributed by atoms with van der Waals surface area (Å²) in [5, 5.41) is 5.79. The first-order chi connectivity index (χ1) is 12.4. The molecule has 138 valence electrons. The highest BCUT2D eigenvalue weighted by atomic mass is 32.2. The number of nitrogens with one attached hydrogen (secondary N) is 1. The van der Waals surface area contributed by atoms with Gasteiger partial charge in [0.05, 0.1) is 18.2 Å². The molecule has 9 heteroatoms. The smallest absolute Gasteiger partial charge is 0.269 e. The second-order valence-electron chi connectivity index (χ2n) is 5.91. The highest BCUT2D eigenvalue weighted by molar-refractivity contribution is 7.92. The van der Waals surface area contributed by atoms with Crippen LogP contribution in [-0.2, 0) is 19.6 Å². The van der Waals surface area contributed by atoms with E-state index in [0.717, 1.165) is 11.8 Å². The Morgan fingerprint density at radius 2 is 2.19 bits per heavy atom. The number of furan rings is 1. The zero-order valence-electron chi connectivity index (χ0n) is 14.4. The number of hydrogen-bond donors (Lipinski definition) is 1. The van der Waals surface area contributed by atoms with Crippen molar-refractivity contribution < 1.29 is 22.4 Å². The van der Waals surface area contributed by atoms with Crippen molar-refractivity contribution >= 4 is 27.3 Å². The lowest BCUT2D eigenvalue weighted by atomic mass is 10.0. The number of sulfonamides is 1. The van der Waals surface area contributed by atoms with Gasteiger partial charge in [-0.05, 0) is 29.8 Å². The summed E-state index contributed by atoms with van der Waals surface area (Å²) in [4.78, 5) is 12.3. The molecular weight excluding hydrogens is 358 g/mol. The summed E-state index contributed by atoms with van der Waals surface area (Å²) in [5.41, 5.74) is 1.82. The van der Waals surface area contributed by atoms with Gasteiger partial charge in [-0.1, -0.05) is 12.1 Å².